The summed E-state index contributed by atoms with van der Waals surface area (Å²) >= 11 is 1.67. The largest absolute Gasteiger partial charge is 0.261 e. The summed E-state index contributed by atoms with van der Waals surface area (Å²) in [6, 6.07) is 10.2. The van der Waals surface area contributed by atoms with Gasteiger partial charge in [0.2, 0.25) is 0 Å². The summed E-state index contributed by atoms with van der Waals surface area (Å²) in [5, 5.41) is 1.06. The molecule has 0 amide bonds. The van der Waals surface area contributed by atoms with Crippen molar-refractivity contribution in [3.8, 4) is 0 Å². The van der Waals surface area contributed by atoms with Crippen LogP contribution in [0.15, 0.2) is 41.6 Å². The molecule has 2 aromatic rings. The molecule has 82 valence electrons. The minimum absolute atomic E-state index is 0.807. The molecule has 0 aliphatic heterocycles. The molecule has 0 saturated heterocycles. The number of pyridine rings is 2. The van der Waals surface area contributed by atoms with Crippen LogP contribution in [0.5, 0.6) is 0 Å². The van der Waals surface area contributed by atoms with Gasteiger partial charge in [0.15, 0.2) is 0 Å². The van der Waals surface area contributed by atoms with Gasteiger partial charge in [0.1, 0.15) is 0 Å². The lowest BCUT2D eigenvalue weighted by Crippen LogP contribution is -1.97. The van der Waals surface area contributed by atoms with Crippen molar-refractivity contribution < 1.29 is 0 Å². The Kier molecular flexibility index (Phi) is 3.57. The van der Waals surface area contributed by atoms with E-state index in [0.29, 0.717) is 0 Å². The van der Waals surface area contributed by atoms with Gasteiger partial charge < -0.3 is 0 Å². The van der Waals surface area contributed by atoms with Gasteiger partial charge >= 0.3 is 0 Å². The number of nitrogens with zero attached hydrogens (tertiary/aromatic N) is 2. The second kappa shape index (κ2) is 5.12. The summed E-state index contributed by atoms with van der Waals surface area (Å²) < 4.78 is 0. The molecule has 0 unspecified atom stereocenters. The average Bonchev–Trinajstić information content (AvgIpc) is 2.32. The second-order valence-corrected chi connectivity index (χ2v) is 4.44. The van der Waals surface area contributed by atoms with Crippen LogP contribution in [0.2, 0.25) is 0 Å². The zero-order valence-corrected chi connectivity index (χ0v) is 10.3. The molecule has 0 aromatic carbocycles. The third-order valence-electron chi connectivity index (χ3n) is 2.46. The van der Waals surface area contributed by atoms with Crippen LogP contribution in [0.3, 0.4) is 0 Å². The van der Waals surface area contributed by atoms with E-state index >= 15 is 0 Å². The molecule has 0 fully saturated rings. The third-order valence-corrected chi connectivity index (χ3v) is 3.10. The van der Waals surface area contributed by atoms with Crippen molar-refractivity contribution >= 4 is 11.8 Å². The molecule has 2 nitrogen and oxygen atoms in total. The van der Waals surface area contributed by atoms with Crippen LogP contribution in [0.1, 0.15) is 17.0 Å². The van der Waals surface area contributed by atoms with Gasteiger partial charge in [-0.2, -0.15) is 0 Å². The van der Waals surface area contributed by atoms with Gasteiger partial charge in [0.25, 0.3) is 0 Å². The smallest absolute Gasteiger partial charge is 0.0960 e. The fraction of sp³-hybridized carbons (Fsp3) is 0.231. The van der Waals surface area contributed by atoms with Crippen molar-refractivity contribution in [2.45, 2.75) is 18.4 Å². The highest BCUT2D eigenvalue weighted by molar-refractivity contribution is 7.98. The Morgan fingerprint density at radius 3 is 2.81 bits per heavy atom. The van der Waals surface area contributed by atoms with Crippen LogP contribution in [0, 0.1) is 6.92 Å². The molecule has 0 bridgehead atoms. The maximum absolute atomic E-state index is 4.55. The van der Waals surface area contributed by atoms with Gasteiger partial charge in [-0.3, -0.25) is 4.98 Å². The van der Waals surface area contributed by atoms with E-state index < -0.39 is 0 Å². The molecule has 0 aliphatic rings. The van der Waals surface area contributed by atoms with Crippen molar-refractivity contribution in [1.29, 1.82) is 0 Å². The van der Waals surface area contributed by atoms with Crippen LogP contribution in [0.4, 0.5) is 0 Å². The molecule has 0 radical (unpaired) electrons. The van der Waals surface area contributed by atoms with E-state index in [1.54, 1.807) is 11.8 Å². The first-order valence-corrected chi connectivity index (χ1v) is 6.42. The number of thioether (sulfide) groups is 1. The van der Waals surface area contributed by atoms with Crippen LogP contribution in [0.25, 0.3) is 0 Å². The minimum atomic E-state index is 0.807. The molecule has 16 heavy (non-hydrogen) atoms. The number of aromatic nitrogens is 2. The first-order chi connectivity index (χ1) is 7.79. The molecular formula is C13H14N2S. The summed E-state index contributed by atoms with van der Waals surface area (Å²) in [5.41, 5.74) is 3.40. The Balaban J connectivity index is 2.24. The van der Waals surface area contributed by atoms with E-state index in [4.69, 9.17) is 0 Å². The Bertz CT molecular complexity index is 483. The zero-order valence-electron chi connectivity index (χ0n) is 9.47. The normalized spacial score (nSPS) is 10.4. The first-order valence-electron chi connectivity index (χ1n) is 5.20. The Hall–Kier alpha value is -1.35. The van der Waals surface area contributed by atoms with Crippen molar-refractivity contribution in [2.75, 3.05) is 6.26 Å². The van der Waals surface area contributed by atoms with E-state index in [0.717, 1.165) is 22.8 Å². The quantitative estimate of drug-likeness (QED) is 0.758. The topological polar surface area (TPSA) is 25.8 Å². The molecule has 0 spiro atoms. The van der Waals surface area contributed by atoms with Crippen molar-refractivity contribution in [2.24, 2.45) is 0 Å². The standard InChI is InChI=1S/C13H14N2S/c1-10-5-4-8-14-12(10)9-11-6-3-7-13(15-11)16-2/h3-8H,9H2,1-2H3. The van der Waals surface area contributed by atoms with Crippen LogP contribution < -0.4 is 0 Å². The van der Waals surface area contributed by atoms with E-state index in [1.165, 1.54) is 5.56 Å². The predicted octanol–water partition coefficient (Wildman–Crippen LogP) is 3.10. The Labute approximate surface area is 100 Å². The van der Waals surface area contributed by atoms with Gasteiger partial charge in [-0.05, 0) is 36.9 Å². The van der Waals surface area contributed by atoms with E-state index in [1.807, 2.05) is 36.7 Å². The lowest BCUT2D eigenvalue weighted by molar-refractivity contribution is 0.953. The molecule has 0 aliphatic carbocycles. The lowest BCUT2D eigenvalue weighted by Gasteiger charge is -2.04. The number of hydrogen-bond donors (Lipinski definition) is 0. The maximum Gasteiger partial charge on any atom is 0.0960 e. The lowest BCUT2D eigenvalue weighted by atomic mass is 10.1. The zero-order chi connectivity index (χ0) is 11.4. The first kappa shape index (κ1) is 11.1. The highest BCUT2D eigenvalue weighted by Gasteiger charge is 2.02. The van der Waals surface area contributed by atoms with Crippen LogP contribution in [-0.4, -0.2) is 16.2 Å². The van der Waals surface area contributed by atoms with Gasteiger partial charge in [-0.1, -0.05) is 12.1 Å². The van der Waals surface area contributed by atoms with Crippen LogP contribution in [-0.2, 0) is 6.42 Å². The van der Waals surface area contributed by atoms with Gasteiger partial charge in [0.05, 0.1) is 5.03 Å². The SMILES string of the molecule is CSc1cccc(Cc2ncccc2C)n1. The summed E-state index contributed by atoms with van der Waals surface area (Å²) in [7, 11) is 0. The van der Waals surface area contributed by atoms with Crippen molar-refractivity contribution in [1.82, 2.24) is 9.97 Å². The number of rotatable bonds is 3. The Morgan fingerprint density at radius 2 is 2.06 bits per heavy atom. The summed E-state index contributed by atoms with van der Waals surface area (Å²) in [4.78, 5) is 8.93. The van der Waals surface area contributed by atoms with Gasteiger partial charge in [0, 0.05) is 24.0 Å². The molecular weight excluding hydrogens is 216 g/mol. The predicted molar refractivity (Wildman–Crippen MR) is 67.8 cm³/mol. The van der Waals surface area contributed by atoms with Crippen molar-refractivity contribution in [3.05, 3.63) is 53.5 Å². The minimum Gasteiger partial charge on any atom is -0.261 e. The summed E-state index contributed by atoms with van der Waals surface area (Å²) in [6.07, 6.45) is 4.68. The van der Waals surface area contributed by atoms with Gasteiger partial charge in [-0.25, -0.2) is 4.98 Å². The molecule has 3 heteroatoms. The van der Waals surface area contributed by atoms with E-state index in [9.17, 15) is 0 Å². The molecule has 2 heterocycles. The monoisotopic (exact) mass is 230 g/mol. The molecule has 2 aromatic heterocycles. The van der Waals surface area contributed by atoms with Crippen LogP contribution >= 0.6 is 11.8 Å². The fourth-order valence-electron chi connectivity index (χ4n) is 1.54. The molecule has 0 saturated carbocycles. The summed E-state index contributed by atoms with van der Waals surface area (Å²) in [5.74, 6) is 0. The fourth-order valence-corrected chi connectivity index (χ4v) is 1.97. The van der Waals surface area contributed by atoms with Crippen molar-refractivity contribution in [3.63, 3.8) is 0 Å². The maximum atomic E-state index is 4.55. The second-order valence-electron chi connectivity index (χ2n) is 3.62. The van der Waals surface area contributed by atoms with Gasteiger partial charge in [-0.15, -0.1) is 11.8 Å². The molecule has 2 rings (SSSR count). The highest BCUT2D eigenvalue weighted by atomic mass is 32.2. The molecule has 0 atom stereocenters. The summed E-state index contributed by atoms with van der Waals surface area (Å²) in [6.45, 7) is 2.08. The Morgan fingerprint density at radius 1 is 1.19 bits per heavy atom. The number of hydrogen-bond acceptors (Lipinski definition) is 3. The average molecular weight is 230 g/mol. The van der Waals surface area contributed by atoms with E-state index in [2.05, 4.69) is 23.0 Å². The molecule has 0 N–H and O–H groups in total. The van der Waals surface area contributed by atoms with E-state index in [-0.39, 0.29) is 0 Å². The highest BCUT2D eigenvalue weighted by Crippen LogP contribution is 2.14. The third kappa shape index (κ3) is 2.61. The number of aryl methyl sites for hydroxylation is 1.